The van der Waals surface area contributed by atoms with E-state index in [9.17, 15) is 9.90 Å². The molecular weight excluding hydrogens is 522 g/mol. The molecule has 0 fully saturated rings. The summed E-state index contributed by atoms with van der Waals surface area (Å²) in [4.78, 5) is 11.7. The van der Waals surface area contributed by atoms with Crippen LogP contribution in [0, 0.1) is 14.1 Å². The first-order chi connectivity index (χ1) is 11.0. The molecule has 2 N–H and O–H groups in total. The summed E-state index contributed by atoms with van der Waals surface area (Å²) in [6.07, 6.45) is 1.41. The largest absolute Gasteiger partial charge is 0.506 e. The van der Waals surface area contributed by atoms with E-state index >= 15 is 0 Å². The highest BCUT2D eigenvalue weighted by atomic mass is 127. The van der Waals surface area contributed by atoms with Crippen LogP contribution in [0.2, 0.25) is 0 Å². The highest BCUT2D eigenvalue weighted by molar-refractivity contribution is 14.1. The van der Waals surface area contributed by atoms with Crippen LogP contribution in [-0.2, 0) is 4.79 Å². The molecule has 0 heterocycles. The van der Waals surface area contributed by atoms with Crippen LogP contribution in [-0.4, -0.2) is 23.8 Å². The van der Waals surface area contributed by atoms with Crippen molar-refractivity contribution >= 4 is 57.3 Å². The molecule has 0 aliphatic rings. The van der Waals surface area contributed by atoms with Gasteiger partial charge in [0.15, 0.2) is 6.61 Å². The second kappa shape index (κ2) is 8.48. The Morgan fingerprint density at radius 2 is 2.09 bits per heavy atom. The highest BCUT2D eigenvalue weighted by Gasteiger charge is 2.06. The minimum Gasteiger partial charge on any atom is -0.506 e. The number of hydrogen-bond acceptors (Lipinski definition) is 4. The number of para-hydroxylation sites is 1. The third kappa shape index (κ3) is 5.34. The summed E-state index contributed by atoms with van der Waals surface area (Å²) in [6.45, 7) is 1.78. The molecule has 0 saturated carbocycles. The van der Waals surface area contributed by atoms with Crippen molar-refractivity contribution < 1.29 is 14.6 Å². The van der Waals surface area contributed by atoms with Crippen LogP contribution >= 0.6 is 45.2 Å². The number of aryl methyl sites for hydroxylation is 1. The van der Waals surface area contributed by atoms with E-state index in [0.29, 0.717) is 11.3 Å². The van der Waals surface area contributed by atoms with Gasteiger partial charge in [0.25, 0.3) is 5.91 Å². The van der Waals surface area contributed by atoms with Crippen molar-refractivity contribution in [3.63, 3.8) is 0 Å². The maximum absolute atomic E-state index is 11.7. The number of halogens is 2. The van der Waals surface area contributed by atoms with Gasteiger partial charge in [0.1, 0.15) is 11.5 Å². The van der Waals surface area contributed by atoms with Gasteiger partial charge in [0, 0.05) is 9.13 Å². The van der Waals surface area contributed by atoms with Gasteiger partial charge in [-0.05, 0) is 75.9 Å². The van der Waals surface area contributed by atoms with Gasteiger partial charge in [0.05, 0.1) is 9.78 Å². The SMILES string of the molecule is Cc1ccccc1OCC(=O)N/N=C\c1cc(I)cc(I)c1O. The first-order valence-electron chi connectivity index (χ1n) is 6.65. The summed E-state index contributed by atoms with van der Waals surface area (Å²) in [6, 6.07) is 11.1. The lowest BCUT2D eigenvalue weighted by Crippen LogP contribution is -2.24. The van der Waals surface area contributed by atoms with Crippen LogP contribution in [0.3, 0.4) is 0 Å². The fourth-order valence-electron chi connectivity index (χ4n) is 1.75. The van der Waals surface area contributed by atoms with E-state index in [1.165, 1.54) is 6.21 Å². The molecule has 7 heteroatoms. The minimum absolute atomic E-state index is 0.127. The molecule has 0 atom stereocenters. The molecule has 2 aromatic carbocycles. The Kier molecular flexibility index (Phi) is 6.63. The summed E-state index contributed by atoms with van der Waals surface area (Å²) in [5, 5.41) is 13.8. The molecule has 0 saturated heterocycles. The van der Waals surface area contributed by atoms with Gasteiger partial charge in [-0.15, -0.1) is 0 Å². The topological polar surface area (TPSA) is 70.9 Å². The Bertz CT molecular complexity index is 748. The van der Waals surface area contributed by atoms with Crippen molar-refractivity contribution in [2.24, 2.45) is 5.10 Å². The number of rotatable bonds is 5. The number of amides is 1. The number of carbonyl (C=O) groups is 1. The summed E-state index contributed by atoms with van der Waals surface area (Å²) < 4.78 is 7.13. The van der Waals surface area contributed by atoms with Gasteiger partial charge in [-0.2, -0.15) is 5.10 Å². The maximum atomic E-state index is 11.7. The molecule has 0 unspecified atom stereocenters. The fourth-order valence-corrected chi connectivity index (χ4v) is 3.64. The predicted molar refractivity (Wildman–Crippen MR) is 106 cm³/mol. The zero-order valence-corrected chi connectivity index (χ0v) is 16.5. The van der Waals surface area contributed by atoms with Crippen molar-refractivity contribution in [3.8, 4) is 11.5 Å². The highest BCUT2D eigenvalue weighted by Crippen LogP contribution is 2.25. The molecule has 120 valence electrons. The van der Waals surface area contributed by atoms with Crippen LogP contribution in [0.1, 0.15) is 11.1 Å². The molecule has 2 aromatic rings. The van der Waals surface area contributed by atoms with E-state index in [-0.39, 0.29) is 18.3 Å². The van der Waals surface area contributed by atoms with Gasteiger partial charge in [-0.1, -0.05) is 18.2 Å². The molecule has 1 amide bonds. The van der Waals surface area contributed by atoms with Crippen molar-refractivity contribution in [3.05, 3.63) is 54.7 Å². The number of phenolic OH excluding ortho intramolecular Hbond substituents is 1. The maximum Gasteiger partial charge on any atom is 0.277 e. The van der Waals surface area contributed by atoms with Gasteiger partial charge in [0.2, 0.25) is 0 Å². The van der Waals surface area contributed by atoms with E-state index in [1.54, 1.807) is 12.1 Å². The molecule has 0 radical (unpaired) electrons. The van der Waals surface area contributed by atoms with Gasteiger partial charge < -0.3 is 9.84 Å². The number of phenols is 1. The predicted octanol–water partition coefficient (Wildman–Crippen LogP) is 3.44. The lowest BCUT2D eigenvalue weighted by molar-refractivity contribution is -0.123. The number of hydrogen-bond donors (Lipinski definition) is 2. The van der Waals surface area contributed by atoms with Crippen LogP contribution in [0.15, 0.2) is 41.5 Å². The minimum atomic E-state index is -0.371. The van der Waals surface area contributed by atoms with Crippen LogP contribution in [0.5, 0.6) is 11.5 Å². The first kappa shape index (κ1) is 18.0. The number of aromatic hydroxyl groups is 1. The van der Waals surface area contributed by atoms with Gasteiger partial charge in [-0.25, -0.2) is 5.43 Å². The summed E-state index contributed by atoms with van der Waals surface area (Å²) in [5.74, 6) is 0.431. The first-order valence-corrected chi connectivity index (χ1v) is 8.81. The zero-order valence-electron chi connectivity index (χ0n) is 12.2. The standard InChI is InChI=1S/C16H14I2N2O3/c1-10-4-2-3-5-14(10)23-9-15(21)20-19-8-11-6-12(17)7-13(18)16(11)22/h2-8,22H,9H2,1H3,(H,20,21)/b19-8-. The normalized spacial score (nSPS) is 10.7. The average Bonchev–Trinajstić information content (AvgIpc) is 2.51. The Morgan fingerprint density at radius 1 is 1.35 bits per heavy atom. The Morgan fingerprint density at radius 3 is 2.83 bits per heavy atom. The smallest absolute Gasteiger partial charge is 0.277 e. The molecule has 0 bridgehead atoms. The number of ether oxygens (including phenoxy) is 1. The molecular formula is C16H14I2N2O3. The number of benzene rings is 2. The average molecular weight is 536 g/mol. The molecule has 23 heavy (non-hydrogen) atoms. The monoisotopic (exact) mass is 536 g/mol. The fraction of sp³-hybridized carbons (Fsp3) is 0.125. The lowest BCUT2D eigenvalue weighted by atomic mass is 10.2. The van der Waals surface area contributed by atoms with E-state index in [2.05, 4.69) is 33.1 Å². The van der Waals surface area contributed by atoms with Crippen molar-refractivity contribution in [2.45, 2.75) is 6.92 Å². The third-order valence-electron chi connectivity index (χ3n) is 2.90. The van der Waals surface area contributed by atoms with E-state index < -0.39 is 0 Å². The number of carbonyl (C=O) groups excluding carboxylic acids is 1. The van der Waals surface area contributed by atoms with Gasteiger partial charge >= 0.3 is 0 Å². The van der Waals surface area contributed by atoms with Crippen molar-refractivity contribution in [1.29, 1.82) is 0 Å². The Balaban J connectivity index is 1.91. The molecule has 0 spiro atoms. The quantitative estimate of drug-likeness (QED) is 0.350. The summed E-state index contributed by atoms with van der Waals surface area (Å²) in [5.41, 5.74) is 3.88. The van der Waals surface area contributed by atoms with E-state index in [0.717, 1.165) is 12.7 Å². The van der Waals surface area contributed by atoms with Crippen molar-refractivity contribution in [2.75, 3.05) is 6.61 Å². The number of nitrogens with zero attached hydrogens (tertiary/aromatic N) is 1. The third-order valence-corrected chi connectivity index (χ3v) is 4.35. The molecule has 5 nitrogen and oxygen atoms in total. The van der Waals surface area contributed by atoms with E-state index in [4.69, 9.17) is 4.74 Å². The van der Waals surface area contributed by atoms with E-state index in [1.807, 2.05) is 53.8 Å². The number of hydrazone groups is 1. The molecule has 0 aliphatic heterocycles. The molecule has 0 aromatic heterocycles. The second-order valence-corrected chi connectivity index (χ2v) is 7.08. The summed E-state index contributed by atoms with van der Waals surface area (Å²) in [7, 11) is 0. The lowest BCUT2D eigenvalue weighted by Gasteiger charge is -2.07. The zero-order chi connectivity index (χ0) is 16.8. The Labute approximate surface area is 161 Å². The van der Waals surface area contributed by atoms with Crippen LogP contribution < -0.4 is 10.2 Å². The van der Waals surface area contributed by atoms with Crippen LogP contribution in [0.4, 0.5) is 0 Å². The summed E-state index contributed by atoms with van der Waals surface area (Å²) >= 11 is 4.19. The second-order valence-electron chi connectivity index (χ2n) is 4.67. The molecule has 2 rings (SSSR count). The van der Waals surface area contributed by atoms with Gasteiger partial charge in [-0.3, -0.25) is 4.79 Å². The molecule has 0 aliphatic carbocycles. The van der Waals surface area contributed by atoms with Crippen molar-refractivity contribution in [1.82, 2.24) is 5.43 Å². The Hall–Kier alpha value is -1.36. The van der Waals surface area contributed by atoms with Crippen LogP contribution in [0.25, 0.3) is 0 Å². The number of nitrogens with one attached hydrogen (secondary N) is 1.